The molecular weight excluding hydrogens is 376 g/mol. The van der Waals surface area contributed by atoms with Crippen molar-refractivity contribution in [1.29, 1.82) is 0 Å². The van der Waals surface area contributed by atoms with Gasteiger partial charge in [-0.1, -0.05) is 36.9 Å². The van der Waals surface area contributed by atoms with Crippen molar-refractivity contribution in [2.24, 2.45) is 0 Å². The van der Waals surface area contributed by atoms with E-state index in [4.69, 9.17) is 0 Å². The van der Waals surface area contributed by atoms with E-state index in [-0.39, 0.29) is 11.7 Å². The summed E-state index contributed by atoms with van der Waals surface area (Å²) in [6.45, 7) is 5.08. The molecule has 0 bridgehead atoms. The number of aryl methyl sites for hydroxylation is 1. The molecule has 0 saturated carbocycles. The molecule has 1 N–H and O–H groups in total. The Kier molecular flexibility index (Phi) is 6.16. The maximum Gasteiger partial charge on any atom is 0.236 e. The monoisotopic (exact) mass is 394 g/mol. The third-order valence-corrected chi connectivity index (χ3v) is 6.02. The first-order valence-corrected chi connectivity index (χ1v) is 10.7. The molecule has 0 radical (unpaired) electrons. The minimum Gasteiger partial charge on any atom is -0.302 e. The summed E-state index contributed by atoms with van der Waals surface area (Å²) in [5.74, 6) is 0.994. The van der Waals surface area contributed by atoms with E-state index in [0.717, 1.165) is 35.9 Å². The van der Waals surface area contributed by atoms with Crippen LogP contribution in [0.1, 0.15) is 25.1 Å². The average molecular weight is 395 g/mol. The van der Waals surface area contributed by atoms with Crippen molar-refractivity contribution < 1.29 is 4.79 Å². The topological polar surface area (TPSA) is 85.6 Å². The molecule has 3 aromatic rings. The fourth-order valence-electron chi connectivity index (χ4n) is 2.23. The molecule has 0 spiro atoms. The van der Waals surface area contributed by atoms with Crippen LogP contribution < -0.4 is 5.32 Å². The summed E-state index contributed by atoms with van der Waals surface area (Å²) in [5, 5.41) is 22.3. The number of hydrogen-bond donors (Lipinski definition) is 1. The SMILES string of the molecule is CCCn1c(SCC(=O)Nc2nncs2)nnc1-c1csc(CC)c1. The Morgan fingerprint density at radius 3 is 2.84 bits per heavy atom. The van der Waals surface area contributed by atoms with Crippen molar-refractivity contribution in [3.63, 3.8) is 0 Å². The summed E-state index contributed by atoms with van der Waals surface area (Å²) >= 11 is 4.41. The molecule has 0 atom stereocenters. The average Bonchev–Trinajstić information content (AvgIpc) is 3.34. The largest absolute Gasteiger partial charge is 0.302 e. The van der Waals surface area contributed by atoms with Crippen LogP contribution in [0.5, 0.6) is 0 Å². The summed E-state index contributed by atoms with van der Waals surface area (Å²) in [7, 11) is 0. The lowest BCUT2D eigenvalue weighted by Crippen LogP contribution is -2.14. The van der Waals surface area contributed by atoms with Crippen molar-refractivity contribution in [1.82, 2.24) is 25.0 Å². The number of thiophene rings is 1. The Bertz CT molecular complexity index is 826. The molecule has 3 aromatic heterocycles. The van der Waals surface area contributed by atoms with Gasteiger partial charge < -0.3 is 4.57 Å². The van der Waals surface area contributed by atoms with Gasteiger partial charge in [-0.25, -0.2) is 0 Å². The predicted molar refractivity (Wildman–Crippen MR) is 102 cm³/mol. The molecule has 7 nitrogen and oxygen atoms in total. The van der Waals surface area contributed by atoms with Gasteiger partial charge in [0.2, 0.25) is 11.0 Å². The molecule has 3 rings (SSSR count). The number of nitrogens with one attached hydrogen (secondary N) is 1. The van der Waals surface area contributed by atoms with E-state index in [2.05, 4.69) is 55.6 Å². The molecule has 0 saturated heterocycles. The Morgan fingerprint density at radius 2 is 2.16 bits per heavy atom. The smallest absolute Gasteiger partial charge is 0.236 e. The number of thioether (sulfide) groups is 1. The maximum atomic E-state index is 12.0. The van der Waals surface area contributed by atoms with Crippen LogP contribution in [0.15, 0.2) is 22.1 Å². The zero-order valence-corrected chi connectivity index (χ0v) is 16.4. The standard InChI is InChI=1S/C15H18N6OS3/c1-3-5-21-13(10-6-11(4-2)23-7-10)18-20-15(21)24-8-12(22)17-14-19-16-9-25-14/h6-7,9H,3-5,8H2,1-2H3,(H,17,19,22). The molecule has 132 valence electrons. The van der Waals surface area contributed by atoms with Crippen molar-refractivity contribution in [2.75, 3.05) is 11.1 Å². The Labute approximate surface area is 157 Å². The third kappa shape index (κ3) is 4.44. The number of carbonyl (C=O) groups excluding carboxylic acids is 1. The predicted octanol–water partition coefficient (Wildman–Crippen LogP) is 3.56. The highest BCUT2D eigenvalue weighted by Gasteiger charge is 2.16. The first kappa shape index (κ1) is 18.0. The van der Waals surface area contributed by atoms with Gasteiger partial charge in [0.1, 0.15) is 5.51 Å². The molecular formula is C15H18N6OS3. The maximum absolute atomic E-state index is 12.0. The fraction of sp³-hybridized carbons (Fsp3) is 0.400. The normalized spacial score (nSPS) is 11.0. The van der Waals surface area contributed by atoms with E-state index in [0.29, 0.717) is 5.13 Å². The molecule has 0 aliphatic heterocycles. The Balaban J connectivity index is 1.71. The van der Waals surface area contributed by atoms with Gasteiger partial charge in [-0.15, -0.1) is 31.7 Å². The van der Waals surface area contributed by atoms with Gasteiger partial charge in [0.25, 0.3) is 0 Å². The third-order valence-electron chi connectivity index (χ3n) is 3.36. The van der Waals surface area contributed by atoms with Crippen LogP contribution >= 0.6 is 34.4 Å². The van der Waals surface area contributed by atoms with Gasteiger partial charge in [-0.2, -0.15) is 0 Å². The minimum absolute atomic E-state index is 0.127. The van der Waals surface area contributed by atoms with Gasteiger partial charge in [0, 0.05) is 22.4 Å². The fourth-order valence-corrected chi connectivity index (χ4v) is 4.27. The van der Waals surface area contributed by atoms with Crippen LogP contribution in [0, 0.1) is 0 Å². The van der Waals surface area contributed by atoms with Gasteiger partial charge in [-0.05, 0) is 18.9 Å². The number of nitrogens with zero attached hydrogens (tertiary/aromatic N) is 5. The first-order chi connectivity index (χ1) is 12.2. The molecule has 0 aliphatic rings. The lowest BCUT2D eigenvalue weighted by atomic mass is 10.2. The quantitative estimate of drug-likeness (QED) is 0.588. The van der Waals surface area contributed by atoms with E-state index in [9.17, 15) is 4.79 Å². The summed E-state index contributed by atoms with van der Waals surface area (Å²) in [6.07, 6.45) is 1.99. The van der Waals surface area contributed by atoms with Crippen LogP contribution in [-0.2, 0) is 17.8 Å². The van der Waals surface area contributed by atoms with Crippen LogP contribution in [-0.4, -0.2) is 36.6 Å². The molecule has 10 heteroatoms. The summed E-state index contributed by atoms with van der Waals surface area (Å²) in [6, 6.07) is 2.16. The molecule has 25 heavy (non-hydrogen) atoms. The number of anilines is 1. The molecule has 3 heterocycles. The molecule has 1 amide bonds. The molecule has 0 unspecified atom stereocenters. The highest BCUT2D eigenvalue weighted by Crippen LogP contribution is 2.28. The van der Waals surface area contributed by atoms with Gasteiger partial charge in [-0.3, -0.25) is 10.1 Å². The van der Waals surface area contributed by atoms with Crippen molar-refractivity contribution in [3.8, 4) is 11.4 Å². The van der Waals surface area contributed by atoms with Crippen molar-refractivity contribution in [3.05, 3.63) is 21.8 Å². The lowest BCUT2D eigenvalue weighted by molar-refractivity contribution is -0.113. The summed E-state index contributed by atoms with van der Waals surface area (Å²) in [5.41, 5.74) is 2.67. The number of carbonyl (C=O) groups is 1. The zero-order valence-electron chi connectivity index (χ0n) is 13.9. The summed E-state index contributed by atoms with van der Waals surface area (Å²) < 4.78 is 2.09. The van der Waals surface area contributed by atoms with E-state index in [1.807, 2.05) is 0 Å². The van der Waals surface area contributed by atoms with Gasteiger partial charge in [0.05, 0.1) is 5.75 Å². The van der Waals surface area contributed by atoms with E-state index < -0.39 is 0 Å². The van der Waals surface area contributed by atoms with Crippen LogP contribution in [0.25, 0.3) is 11.4 Å². The van der Waals surface area contributed by atoms with Crippen LogP contribution in [0.2, 0.25) is 0 Å². The minimum atomic E-state index is -0.127. The zero-order chi connectivity index (χ0) is 17.6. The molecule has 0 aromatic carbocycles. The second-order valence-corrected chi connectivity index (χ2v) is 7.97. The number of aromatic nitrogens is 5. The van der Waals surface area contributed by atoms with E-state index >= 15 is 0 Å². The van der Waals surface area contributed by atoms with Crippen LogP contribution in [0.3, 0.4) is 0 Å². The second kappa shape index (κ2) is 8.54. The Morgan fingerprint density at radius 1 is 1.28 bits per heavy atom. The molecule has 0 aliphatic carbocycles. The highest BCUT2D eigenvalue weighted by atomic mass is 32.2. The summed E-state index contributed by atoms with van der Waals surface area (Å²) in [4.78, 5) is 13.3. The van der Waals surface area contributed by atoms with E-state index in [1.54, 1.807) is 16.8 Å². The van der Waals surface area contributed by atoms with E-state index in [1.165, 1.54) is 28.0 Å². The number of hydrogen-bond acceptors (Lipinski definition) is 8. The number of rotatable bonds is 8. The van der Waals surface area contributed by atoms with Crippen LogP contribution in [0.4, 0.5) is 5.13 Å². The van der Waals surface area contributed by atoms with Crippen molar-refractivity contribution >= 4 is 45.5 Å². The lowest BCUT2D eigenvalue weighted by Gasteiger charge is -2.07. The van der Waals surface area contributed by atoms with Gasteiger partial charge in [0.15, 0.2) is 11.0 Å². The Hall–Kier alpha value is -1.78. The van der Waals surface area contributed by atoms with Gasteiger partial charge >= 0.3 is 0 Å². The molecule has 0 fully saturated rings. The second-order valence-electron chi connectivity index (χ2n) is 5.19. The number of amides is 1. The van der Waals surface area contributed by atoms with Crippen molar-refractivity contribution in [2.45, 2.75) is 38.4 Å². The highest BCUT2D eigenvalue weighted by molar-refractivity contribution is 7.99. The first-order valence-electron chi connectivity index (χ1n) is 7.91.